The van der Waals surface area contributed by atoms with Crippen molar-refractivity contribution in [3.05, 3.63) is 47.3 Å². The van der Waals surface area contributed by atoms with Gasteiger partial charge in [-0.2, -0.15) is 0 Å². The molecule has 2 rings (SSSR count). The van der Waals surface area contributed by atoms with Gasteiger partial charge in [0.1, 0.15) is 0 Å². The van der Waals surface area contributed by atoms with Crippen molar-refractivity contribution in [2.75, 3.05) is 0 Å². The first-order valence-corrected chi connectivity index (χ1v) is 6.16. The van der Waals surface area contributed by atoms with Crippen molar-refractivity contribution in [2.24, 2.45) is 0 Å². The summed E-state index contributed by atoms with van der Waals surface area (Å²) in [5.74, 6) is -0.0740. The highest BCUT2D eigenvalue weighted by Crippen LogP contribution is 2.24. The highest BCUT2D eigenvalue weighted by atomic mass is 16.1. The lowest BCUT2D eigenvalue weighted by Gasteiger charge is -2.10. The molecule has 19 heavy (non-hydrogen) atoms. The summed E-state index contributed by atoms with van der Waals surface area (Å²) in [6, 6.07) is 3.78. The second-order valence-corrected chi connectivity index (χ2v) is 4.95. The van der Waals surface area contributed by atoms with E-state index in [1.165, 1.54) is 13.8 Å². The molecule has 2 aromatic rings. The van der Waals surface area contributed by atoms with E-state index in [9.17, 15) is 9.59 Å². The number of rotatable bonds is 3. The predicted molar refractivity (Wildman–Crippen MR) is 76.9 cm³/mol. The second kappa shape index (κ2) is 4.50. The van der Waals surface area contributed by atoms with Gasteiger partial charge in [0.25, 0.3) is 0 Å². The van der Waals surface area contributed by atoms with Gasteiger partial charge < -0.3 is 4.40 Å². The number of pyridine rings is 1. The van der Waals surface area contributed by atoms with Crippen molar-refractivity contribution in [3.63, 3.8) is 0 Å². The van der Waals surface area contributed by atoms with Crippen LogP contribution in [0.1, 0.15) is 52.7 Å². The van der Waals surface area contributed by atoms with Crippen LogP contribution in [0.5, 0.6) is 0 Å². The smallest absolute Gasteiger partial charge is 0.176 e. The van der Waals surface area contributed by atoms with Gasteiger partial charge in [0.05, 0.1) is 5.69 Å². The van der Waals surface area contributed by atoms with Crippen LogP contribution in [0.15, 0.2) is 24.9 Å². The molecule has 3 heteroatoms. The topological polar surface area (TPSA) is 38.5 Å². The van der Waals surface area contributed by atoms with Crippen molar-refractivity contribution < 1.29 is 9.59 Å². The Morgan fingerprint density at radius 2 is 1.74 bits per heavy atom. The lowest BCUT2D eigenvalue weighted by Crippen LogP contribution is -2.09. The van der Waals surface area contributed by atoms with Crippen LogP contribution in [0.4, 0.5) is 0 Å². The van der Waals surface area contributed by atoms with E-state index in [-0.39, 0.29) is 11.6 Å². The van der Waals surface area contributed by atoms with Crippen LogP contribution in [-0.4, -0.2) is 16.0 Å². The monoisotopic (exact) mass is 255 g/mol. The summed E-state index contributed by atoms with van der Waals surface area (Å²) in [6.07, 6.45) is 1.89. The average Bonchev–Trinajstić information content (AvgIpc) is 2.70. The molecule has 0 spiro atoms. The van der Waals surface area contributed by atoms with Crippen LogP contribution in [0.3, 0.4) is 0 Å². The van der Waals surface area contributed by atoms with Gasteiger partial charge in [0, 0.05) is 24.2 Å². The van der Waals surface area contributed by atoms with Crippen LogP contribution < -0.4 is 0 Å². The lowest BCUT2D eigenvalue weighted by atomic mass is 10.0. The number of nitrogens with zero attached hydrogens (tertiary/aromatic N) is 1. The van der Waals surface area contributed by atoms with Crippen molar-refractivity contribution in [3.8, 4) is 0 Å². The van der Waals surface area contributed by atoms with Crippen LogP contribution in [0, 0.1) is 6.92 Å². The minimum absolute atomic E-state index is 0.0272. The highest BCUT2D eigenvalue weighted by molar-refractivity contribution is 6.02. The molecule has 2 heterocycles. The molecule has 0 saturated carbocycles. The fourth-order valence-electron chi connectivity index (χ4n) is 2.38. The zero-order valence-corrected chi connectivity index (χ0v) is 11.7. The molecule has 2 aromatic heterocycles. The summed E-state index contributed by atoms with van der Waals surface area (Å²) in [6.45, 7) is 10.7. The molecule has 0 atom stereocenters. The van der Waals surface area contributed by atoms with Gasteiger partial charge >= 0.3 is 0 Å². The van der Waals surface area contributed by atoms with E-state index < -0.39 is 0 Å². The van der Waals surface area contributed by atoms with Crippen molar-refractivity contribution in [1.82, 2.24) is 4.40 Å². The molecule has 3 nitrogen and oxygen atoms in total. The fraction of sp³-hybridized carbons (Fsp3) is 0.250. The van der Waals surface area contributed by atoms with E-state index >= 15 is 0 Å². The van der Waals surface area contributed by atoms with E-state index in [1.807, 2.05) is 36.6 Å². The molecule has 0 N–H and O–H groups in total. The summed E-state index contributed by atoms with van der Waals surface area (Å²) >= 11 is 0. The number of Topliss-reactive ketones (excluding diaryl/α,β-unsaturated/α-hetero) is 2. The van der Waals surface area contributed by atoms with E-state index in [4.69, 9.17) is 0 Å². The zero-order chi connectivity index (χ0) is 14.3. The van der Waals surface area contributed by atoms with Crippen LogP contribution in [0.2, 0.25) is 0 Å². The van der Waals surface area contributed by atoms with Crippen molar-refractivity contribution in [2.45, 2.75) is 27.7 Å². The molecule has 0 bridgehead atoms. The summed E-state index contributed by atoms with van der Waals surface area (Å²) in [5, 5.41) is 0. The SMILES string of the molecule is C=C(C)c1cc2cc(C(C)=O)c(C)c(C(C)=O)n2c1. The average molecular weight is 255 g/mol. The molecule has 0 amide bonds. The molecule has 0 fully saturated rings. The van der Waals surface area contributed by atoms with Gasteiger partial charge in [-0.25, -0.2) is 0 Å². The number of hydrogen-bond acceptors (Lipinski definition) is 2. The molecule has 0 unspecified atom stereocenters. The number of carbonyl (C=O) groups is 2. The minimum Gasteiger partial charge on any atom is -0.313 e. The predicted octanol–water partition coefficient (Wildman–Crippen LogP) is 3.69. The molecule has 0 aliphatic heterocycles. The maximum Gasteiger partial charge on any atom is 0.176 e. The standard InChI is InChI=1S/C16H17NO2/c1-9(2)13-6-14-7-15(11(4)18)10(3)16(12(5)19)17(14)8-13/h6-8H,1H2,2-5H3. The van der Waals surface area contributed by atoms with Gasteiger partial charge in [0.15, 0.2) is 11.6 Å². The van der Waals surface area contributed by atoms with Gasteiger partial charge in [-0.1, -0.05) is 6.58 Å². The Bertz CT molecular complexity index is 720. The molecule has 0 aromatic carbocycles. The van der Waals surface area contributed by atoms with E-state index in [0.717, 1.165) is 22.2 Å². The first kappa shape index (κ1) is 13.3. The van der Waals surface area contributed by atoms with Crippen LogP contribution >= 0.6 is 0 Å². The van der Waals surface area contributed by atoms with Crippen molar-refractivity contribution >= 4 is 22.7 Å². The Morgan fingerprint density at radius 3 is 2.21 bits per heavy atom. The molecule has 0 saturated heterocycles. The molecule has 98 valence electrons. The van der Waals surface area contributed by atoms with Gasteiger partial charge in [-0.15, -0.1) is 0 Å². The first-order valence-electron chi connectivity index (χ1n) is 6.16. The summed E-state index contributed by atoms with van der Waals surface area (Å²) in [7, 11) is 0. The Morgan fingerprint density at radius 1 is 1.11 bits per heavy atom. The number of fused-ring (bicyclic) bond motifs is 1. The van der Waals surface area contributed by atoms with Crippen LogP contribution in [0.25, 0.3) is 11.1 Å². The quantitative estimate of drug-likeness (QED) is 0.785. The first-order chi connectivity index (χ1) is 8.82. The molecular weight excluding hydrogens is 238 g/mol. The number of aromatic nitrogens is 1. The Kier molecular flexibility index (Phi) is 3.14. The maximum atomic E-state index is 11.9. The number of carbonyl (C=O) groups excluding carboxylic acids is 2. The number of hydrogen-bond donors (Lipinski definition) is 0. The summed E-state index contributed by atoms with van der Waals surface area (Å²) in [4.78, 5) is 23.6. The molecule has 0 aliphatic rings. The fourth-order valence-corrected chi connectivity index (χ4v) is 2.38. The number of ketones is 2. The minimum atomic E-state index is -0.0468. The lowest BCUT2D eigenvalue weighted by molar-refractivity contribution is 0.101. The zero-order valence-electron chi connectivity index (χ0n) is 11.7. The second-order valence-electron chi connectivity index (χ2n) is 4.95. The largest absolute Gasteiger partial charge is 0.313 e. The van der Waals surface area contributed by atoms with Gasteiger partial charge in [-0.05, 0) is 49.6 Å². The van der Waals surface area contributed by atoms with E-state index in [0.29, 0.717) is 11.3 Å². The maximum absolute atomic E-state index is 11.9. The third-order valence-electron chi connectivity index (χ3n) is 3.35. The Hall–Kier alpha value is -2.16. The normalized spacial score (nSPS) is 10.7. The van der Waals surface area contributed by atoms with Gasteiger partial charge in [-0.3, -0.25) is 9.59 Å². The van der Waals surface area contributed by atoms with E-state index in [1.54, 1.807) is 0 Å². The highest BCUT2D eigenvalue weighted by Gasteiger charge is 2.16. The van der Waals surface area contributed by atoms with E-state index in [2.05, 4.69) is 6.58 Å². The number of allylic oxidation sites excluding steroid dienone is 1. The molecular formula is C16H17NO2. The molecule has 0 aliphatic carbocycles. The Balaban J connectivity index is 2.92. The van der Waals surface area contributed by atoms with Gasteiger partial charge in [0.2, 0.25) is 0 Å². The summed E-state index contributed by atoms with van der Waals surface area (Å²) < 4.78 is 1.84. The van der Waals surface area contributed by atoms with Crippen molar-refractivity contribution in [1.29, 1.82) is 0 Å². The molecule has 0 radical (unpaired) electrons. The van der Waals surface area contributed by atoms with Crippen LogP contribution in [-0.2, 0) is 0 Å². The summed E-state index contributed by atoms with van der Waals surface area (Å²) in [5.41, 5.74) is 4.65. The third kappa shape index (κ3) is 2.12. The Labute approximate surface area is 112 Å². The third-order valence-corrected chi connectivity index (χ3v) is 3.35.